The van der Waals surface area contributed by atoms with E-state index in [0.29, 0.717) is 0 Å². The maximum atomic E-state index is 12.4. The van der Waals surface area contributed by atoms with Crippen LogP contribution in [0.2, 0.25) is 0 Å². The van der Waals surface area contributed by atoms with Gasteiger partial charge in [-0.05, 0) is 54.1 Å². The van der Waals surface area contributed by atoms with Gasteiger partial charge in [0, 0.05) is 23.9 Å². The first-order chi connectivity index (χ1) is 11.8. The third-order valence-electron chi connectivity index (χ3n) is 5.53. The molecule has 3 aromatic rings. The zero-order valence-corrected chi connectivity index (χ0v) is 13.6. The normalized spacial score (nSPS) is 16.5. The Balaban J connectivity index is 1.66. The van der Waals surface area contributed by atoms with Crippen molar-refractivity contribution in [1.29, 1.82) is 0 Å². The Hall–Kier alpha value is -2.39. The van der Waals surface area contributed by atoms with Crippen LogP contribution < -0.4 is 5.56 Å². The molecule has 1 aromatic heterocycles. The molecule has 0 bridgehead atoms. The Kier molecular flexibility index (Phi) is 3.10. The molecule has 0 amide bonds. The van der Waals surface area contributed by atoms with Crippen LogP contribution in [0, 0.1) is 0 Å². The number of fused-ring (bicyclic) bond motifs is 5. The van der Waals surface area contributed by atoms with E-state index in [9.17, 15) is 4.79 Å². The van der Waals surface area contributed by atoms with Crippen molar-refractivity contribution in [3.8, 4) is 11.3 Å². The molecule has 0 saturated carbocycles. The van der Waals surface area contributed by atoms with E-state index in [4.69, 9.17) is 0 Å². The van der Waals surface area contributed by atoms with E-state index < -0.39 is 0 Å². The summed E-state index contributed by atoms with van der Waals surface area (Å²) >= 11 is 0. The second-order valence-electron chi connectivity index (χ2n) is 6.96. The molecule has 24 heavy (non-hydrogen) atoms. The molecule has 5 rings (SSSR count). The predicted molar refractivity (Wildman–Crippen MR) is 97.3 cm³/mol. The van der Waals surface area contributed by atoms with Crippen LogP contribution in [0.15, 0.2) is 47.3 Å². The quantitative estimate of drug-likeness (QED) is 0.612. The fourth-order valence-corrected chi connectivity index (χ4v) is 4.33. The van der Waals surface area contributed by atoms with Gasteiger partial charge in [0.2, 0.25) is 0 Å². The number of aromatic amines is 1. The van der Waals surface area contributed by atoms with Gasteiger partial charge in [0.1, 0.15) is 0 Å². The number of nitrogens with zero attached hydrogens (tertiary/aromatic N) is 1. The molecular weight excluding hydrogens is 296 g/mol. The Labute approximate surface area is 140 Å². The van der Waals surface area contributed by atoms with E-state index in [0.717, 1.165) is 29.4 Å². The highest BCUT2D eigenvalue weighted by Crippen LogP contribution is 2.39. The molecule has 3 nitrogen and oxygen atoms in total. The van der Waals surface area contributed by atoms with Crippen molar-refractivity contribution in [2.24, 2.45) is 0 Å². The molecule has 120 valence electrons. The van der Waals surface area contributed by atoms with Crippen molar-refractivity contribution < 1.29 is 0 Å². The minimum absolute atomic E-state index is 0.0159. The number of rotatable bonds is 2. The topological polar surface area (TPSA) is 36.1 Å². The van der Waals surface area contributed by atoms with Gasteiger partial charge in [-0.2, -0.15) is 0 Å². The molecule has 1 saturated heterocycles. The number of nitrogens with one attached hydrogen (secondary N) is 1. The number of H-pyrrole nitrogens is 1. The van der Waals surface area contributed by atoms with Gasteiger partial charge in [-0.25, -0.2) is 0 Å². The highest BCUT2D eigenvalue weighted by molar-refractivity contribution is 5.93. The summed E-state index contributed by atoms with van der Waals surface area (Å²) in [5.74, 6) is 0. The van der Waals surface area contributed by atoms with Crippen molar-refractivity contribution in [3.63, 3.8) is 0 Å². The smallest absolute Gasteiger partial charge is 0.256 e. The lowest BCUT2D eigenvalue weighted by Gasteiger charge is -2.17. The van der Waals surface area contributed by atoms with Crippen molar-refractivity contribution >= 4 is 10.8 Å². The molecule has 1 aliphatic heterocycles. The van der Waals surface area contributed by atoms with Gasteiger partial charge in [-0.15, -0.1) is 0 Å². The maximum Gasteiger partial charge on any atom is 0.256 e. The third kappa shape index (κ3) is 2.05. The number of benzene rings is 2. The zero-order chi connectivity index (χ0) is 16.1. The summed E-state index contributed by atoms with van der Waals surface area (Å²) in [5.41, 5.74) is 6.33. The largest absolute Gasteiger partial charge is 0.321 e. The van der Waals surface area contributed by atoms with E-state index in [1.165, 1.54) is 48.2 Å². The molecule has 2 aliphatic rings. The number of aromatic nitrogens is 1. The molecule has 2 aromatic carbocycles. The van der Waals surface area contributed by atoms with Crippen LogP contribution in [0.1, 0.15) is 29.5 Å². The highest BCUT2D eigenvalue weighted by atomic mass is 16.1. The average Bonchev–Trinajstić information content (AvgIpc) is 3.24. The van der Waals surface area contributed by atoms with Crippen molar-refractivity contribution in [2.45, 2.75) is 25.8 Å². The van der Waals surface area contributed by atoms with Gasteiger partial charge in [0.25, 0.3) is 5.56 Å². The first kappa shape index (κ1) is 14.0. The van der Waals surface area contributed by atoms with Gasteiger partial charge in [-0.3, -0.25) is 9.69 Å². The summed E-state index contributed by atoms with van der Waals surface area (Å²) in [6, 6.07) is 14.5. The Bertz CT molecular complexity index is 996. The summed E-state index contributed by atoms with van der Waals surface area (Å²) in [4.78, 5) is 18.1. The van der Waals surface area contributed by atoms with Crippen LogP contribution in [-0.4, -0.2) is 23.0 Å². The van der Waals surface area contributed by atoms with Gasteiger partial charge in [-0.1, -0.05) is 36.4 Å². The summed E-state index contributed by atoms with van der Waals surface area (Å²) in [5, 5.41) is 1.89. The number of hydrogen-bond acceptors (Lipinski definition) is 2. The summed E-state index contributed by atoms with van der Waals surface area (Å²) in [7, 11) is 0. The van der Waals surface area contributed by atoms with Crippen LogP contribution in [0.25, 0.3) is 22.0 Å². The summed E-state index contributed by atoms with van der Waals surface area (Å²) < 4.78 is 0. The lowest BCUT2D eigenvalue weighted by Crippen LogP contribution is -2.19. The first-order valence-corrected chi connectivity index (χ1v) is 8.78. The highest BCUT2D eigenvalue weighted by Gasteiger charge is 2.25. The Morgan fingerprint density at radius 2 is 1.71 bits per heavy atom. The van der Waals surface area contributed by atoms with E-state index >= 15 is 0 Å². The fraction of sp³-hybridized carbons (Fsp3) is 0.286. The Morgan fingerprint density at radius 3 is 2.54 bits per heavy atom. The van der Waals surface area contributed by atoms with Crippen LogP contribution in [0.5, 0.6) is 0 Å². The lowest BCUT2D eigenvalue weighted by atomic mass is 10.0. The molecule has 1 fully saturated rings. The van der Waals surface area contributed by atoms with E-state index in [2.05, 4.69) is 34.1 Å². The molecule has 0 atom stereocenters. The van der Waals surface area contributed by atoms with Crippen LogP contribution >= 0.6 is 0 Å². The zero-order valence-electron chi connectivity index (χ0n) is 13.6. The second-order valence-corrected chi connectivity index (χ2v) is 6.96. The van der Waals surface area contributed by atoms with Crippen LogP contribution in [0.3, 0.4) is 0 Å². The monoisotopic (exact) mass is 316 g/mol. The lowest BCUT2D eigenvalue weighted by molar-refractivity contribution is 0.330. The van der Waals surface area contributed by atoms with E-state index in [1.54, 1.807) is 0 Å². The van der Waals surface area contributed by atoms with Gasteiger partial charge < -0.3 is 4.98 Å². The molecule has 1 aliphatic carbocycles. The molecular formula is C21H20N2O. The Morgan fingerprint density at radius 1 is 0.917 bits per heavy atom. The number of hydrogen-bond donors (Lipinski definition) is 1. The minimum Gasteiger partial charge on any atom is -0.321 e. The minimum atomic E-state index is 0.0159. The van der Waals surface area contributed by atoms with Gasteiger partial charge >= 0.3 is 0 Å². The molecule has 0 spiro atoms. The van der Waals surface area contributed by atoms with Crippen molar-refractivity contribution in [2.75, 3.05) is 13.1 Å². The summed E-state index contributed by atoms with van der Waals surface area (Å²) in [6.45, 7) is 3.44. The van der Waals surface area contributed by atoms with Crippen LogP contribution in [0.4, 0.5) is 0 Å². The van der Waals surface area contributed by atoms with E-state index in [1.807, 2.05) is 18.2 Å². The van der Waals surface area contributed by atoms with Crippen molar-refractivity contribution in [3.05, 3.63) is 69.5 Å². The summed E-state index contributed by atoms with van der Waals surface area (Å²) in [6.07, 6.45) is 3.55. The molecule has 0 unspecified atom stereocenters. The first-order valence-electron chi connectivity index (χ1n) is 8.78. The van der Waals surface area contributed by atoms with E-state index in [-0.39, 0.29) is 5.56 Å². The molecule has 0 radical (unpaired) electrons. The number of pyridine rings is 1. The standard InChI is InChI=1S/C21H20N2O/c24-21-17-8-2-1-7-15(17)19-12-18-14(13-23-10-3-4-11-23)6-5-9-16(18)20(19)22-21/h1-2,5-9H,3-4,10-13H2,(H,22,24). The van der Waals surface area contributed by atoms with Gasteiger partial charge in [0.05, 0.1) is 5.69 Å². The molecule has 3 heteroatoms. The fourth-order valence-electron chi connectivity index (χ4n) is 4.33. The van der Waals surface area contributed by atoms with Gasteiger partial charge in [0.15, 0.2) is 0 Å². The molecule has 2 heterocycles. The van der Waals surface area contributed by atoms with Crippen LogP contribution in [-0.2, 0) is 13.0 Å². The van der Waals surface area contributed by atoms with Crippen molar-refractivity contribution in [1.82, 2.24) is 9.88 Å². The third-order valence-corrected chi connectivity index (χ3v) is 5.53. The number of likely N-dealkylation sites (tertiary alicyclic amines) is 1. The molecule has 1 N–H and O–H groups in total. The maximum absolute atomic E-state index is 12.4. The predicted octanol–water partition coefficient (Wildman–Crippen LogP) is 3.70. The SMILES string of the molecule is O=c1[nH]c2c(c3ccccc13)Cc1c(CN3CCCC3)cccc1-2. The second kappa shape index (κ2) is 5.32. The average molecular weight is 316 g/mol.